The van der Waals surface area contributed by atoms with E-state index in [1.165, 1.54) is 12.4 Å². The van der Waals surface area contributed by atoms with Gasteiger partial charge in [0.05, 0.1) is 29.6 Å². The van der Waals surface area contributed by atoms with Crippen molar-refractivity contribution in [2.75, 3.05) is 5.73 Å². The summed E-state index contributed by atoms with van der Waals surface area (Å²) in [6.07, 6.45) is 11.6. The summed E-state index contributed by atoms with van der Waals surface area (Å²) in [7, 11) is 1.91. The second-order valence-corrected chi connectivity index (χ2v) is 4.96. The normalized spacial score (nSPS) is 15.6. The lowest BCUT2D eigenvalue weighted by atomic mass is 10.1. The molecule has 0 aromatic carbocycles. The molecule has 0 saturated carbocycles. The van der Waals surface area contributed by atoms with Crippen LogP contribution in [0.1, 0.15) is 5.69 Å². The number of nitrogen functional groups attached to an aromatic ring is 1. The Labute approximate surface area is 133 Å². The first kappa shape index (κ1) is 14.6. The van der Waals surface area contributed by atoms with Crippen LogP contribution in [0.3, 0.4) is 0 Å². The number of allylic oxidation sites excluding steroid dienone is 3. The highest BCUT2D eigenvalue weighted by Crippen LogP contribution is 2.24. The molecule has 23 heavy (non-hydrogen) atoms. The Morgan fingerprint density at radius 2 is 2.22 bits per heavy atom. The number of hydrogen-bond acceptors (Lipinski definition) is 6. The largest absolute Gasteiger partial charge is 0.437 e. The van der Waals surface area contributed by atoms with Crippen LogP contribution in [0, 0.1) is 5.41 Å². The van der Waals surface area contributed by atoms with Gasteiger partial charge in [-0.05, 0) is 18.2 Å². The SMILES string of the molecule is Cn1cnc(C2=CN/C(=C\C=N)C(Oc3ccc(N)cn3)=C2)c1. The summed E-state index contributed by atoms with van der Waals surface area (Å²) >= 11 is 0. The first-order chi connectivity index (χ1) is 11.2. The lowest BCUT2D eigenvalue weighted by Gasteiger charge is -2.18. The Kier molecular flexibility index (Phi) is 3.92. The zero-order valence-electron chi connectivity index (χ0n) is 12.5. The Hall–Kier alpha value is -3.35. The molecule has 0 radical (unpaired) electrons. The number of ether oxygens (including phenoxy) is 1. The summed E-state index contributed by atoms with van der Waals surface area (Å²) in [5.74, 6) is 0.972. The van der Waals surface area contributed by atoms with Crippen molar-refractivity contribution in [1.82, 2.24) is 19.9 Å². The average molecular weight is 308 g/mol. The van der Waals surface area contributed by atoms with Crippen LogP contribution < -0.4 is 15.8 Å². The average Bonchev–Trinajstić information content (AvgIpc) is 2.98. The molecule has 0 saturated heterocycles. The fourth-order valence-electron chi connectivity index (χ4n) is 2.06. The maximum atomic E-state index is 7.26. The highest BCUT2D eigenvalue weighted by atomic mass is 16.5. The predicted octanol–water partition coefficient (Wildman–Crippen LogP) is 1.84. The molecule has 2 aromatic rings. The maximum absolute atomic E-state index is 7.26. The van der Waals surface area contributed by atoms with E-state index in [0.29, 0.717) is 23.0 Å². The topological polar surface area (TPSA) is 102 Å². The van der Waals surface area contributed by atoms with Crippen molar-refractivity contribution in [2.24, 2.45) is 7.05 Å². The van der Waals surface area contributed by atoms with Crippen molar-refractivity contribution in [1.29, 1.82) is 5.41 Å². The zero-order chi connectivity index (χ0) is 16.2. The van der Waals surface area contributed by atoms with Crippen LogP contribution >= 0.6 is 0 Å². The molecule has 1 aliphatic heterocycles. The predicted molar refractivity (Wildman–Crippen MR) is 88.5 cm³/mol. The highest BCUT2D eigenvalue weighted by molar-refractivity contribution is 5.77. The van der Waals surface area contributed by atoms with Gasteiger partial charge in [0.25, 0.3) is 0 Å². The Bertz CT molecular complexity index is 813. The number of anilines is 1. The zero-order valence-corrected chi connectivity index (χ0v) is 12.5. The number of nitrogens with two attached hydrogens (primary N) is 1. The molecule has 0 bridgehead atoms. The molecular formula is C16H16N6O. The van der Waals surface area contributed by atoms with E-state index in [-0.39, 0.29) is 0 Å². The van der Waals surface area contributed by atoms with Gasteiger partial charge in [0.15, 0.2) is 5.76 Å². The number of hydrogen-bond donors (Lipinski definition) is 3. The van der Waals surface area contributed by atoms with Gasteiger partial charge in [0.2, 0.25) is 5.88 Å². The summed E-state index contributed by atoms with van der Waals surface area (Å²) in [5.41, 5.74) is 8.55. The number of dihydropyridines is 1. The van der Waals surface area contributed by atoms with Gasteiger partial charge in [0, 0.05) is 37.3 Å². The summed E-state index contributed by atoms with van der Waals surface area (Å²) in [4.78, 5) is 8.45. The number of aryl methyl sites for hydroxylation is 1. The minimum atomic E-state index is 0.422. The summed E-state index contributed by atoms with van der Waals surface area (Å²) in [6, 6.07) is 3.41. The van der Waals surface area contributed by atoms with Crippen LogP contribution in [-0.4, -0.2) is 20.7 Å². The van der Waals surface area contributed by atoms with E-state index in [4.69, 9.17) is 15.9 Å². The second kappa shape index (κ2) is 6.18. The van der Waals surface area contributed by atoms with Crippen LogP contribution in [0.25, 0.3) is 5.57 Å². The van der Waals surface area contributed by atoms with Crippen molar-refractivity contribution in [3.8, 4) is 5.88 Å². The monoisotopic (exact) mass is 308 g/mol. The van der Waals surface area contributed by atoms with Crippen molar-refractivity contribution in [3.63, 3.8) is 0 Å². The number of aromatic nitrogens is 3. The van der Waals surface area contributed by atoms with Crippen molar-refractivity contribution < 1.29 is 4.74 Å². The number of pyridine rings is 1. The third-order valence-corrected chi connectivity index (χ3v) is 3.16. The number of nitrogens with one attached hydrogen (secondary N) is 2. The molecule has 3 rings (SSSR count). The molecule has 0 atom stereocenters. The summed E-state index contributed by atoms with van der Waals surface area (Å²) in [5, 5.41) is 10.4. The molecule has 0 amide bonds. The van der Waals surface area contributed by atoms with E-state index in [0.717, 1.165) is 11.3 Å². The second-order valence-electron chi connectivity index (χ2n) is 4.96. The summed E-state index contributed by atoms with van der Waals surface area (Å²) < 4.78 is 7.69. The van der Waals surface area contributed by atoms with Gasteiger partial charge in [-0.25, -0.2) is 9.97 Å². The molecule has 0 aliphatic carbocycles. The van der Waals surface area contributed by atoms with Crippen LogP contribution in [0.4, 0.5) is 5.69 Å². The van der Waals surface area contributed by atoms with Crippen molar-refractivity contribution >= 4 is 17.5 Å². The lowest BCUT2D eigenvalue weighted by molar-refractivity contribution is 0.413. The first-order valence-corrected chi connectivity index (χ1v) is 6.93. The standard InChI is InChI=1S/C16H16N6O/c1-22-9-14(21-10-22)11-6-15(13(4-5-17)19-7-11)23-16-3-2-12(18)8-20-16/h2-10,17,19H,18H2,1H3/b13-4-,17-5?. The Morgan fingerprint density at radius 1 is 1.35 bits per heavy atom. The molecule has 3 heterocycles. The molecule has 0 spiro atoms. The molecule has 1 aliphatic rings. The van der Waals surface area contributed by atoms with Crippen molar-refractivity contribution in [3.05, 3.63) is 66.4 Å². The van der Waals surface area contributed by atoms with E-state index in [2.05, 4.69) is 15.3 Å². The molecule has 7 nitrogen and oxygen atoms in total. The van der Waals surface area contributed by atoms with Crippen LogP contribution in [0.5, 0.6) is 5.88 Å². The lowest BCUT2D eigenvalue weighted by Crippen LogP contribution is -2.17. The van der Waals surface area contributed by atoms with E-state index in [1.807, 2.05) is 30.1 Å². The third kappa shape index (κ3) is 3.29. The van der Waals surface area contributed by atoms with Gasteiger partial charge in [0.1, 0.15) is 0 Å². The molecule has 2 aromatic heterocycles. The number of imidazole rings is 1. The summed E-state index contributed by atoms with van der Waals surface area (Å²) in [6.45, 7) is 0. The quantitative estimate of drug-likeness (QED) is 0.748. The maximum Gasteiger partial charge on any atom is 0.219 e. The van der Waals surface area contributed by atoms with Crippen molar-refractivity contribution in [2.45, 2.75) is 0 Å². The Morgan fingerprint density at radius 3 is 2.87 bits per heavy atom. The minimum Gasteiger partial charge on any atom is -0.437 e. The number of rotatable bonds is 4. The molecule has 0 fully saturated rings. The van der Waals surface area contributed by atoms with E-state index in [1.54, 1.807) is 24.5 Å². The fourth-order valence-corrected chi connectivity index (χ4v) is 2.06. The first-order valence-electron chi connectivity index (χ1n) is 6.93. The molecule has 7 heteroatoms. The van der Waals surface area contributed by atoms with Gasteiger partial charge < -0.3 is 25.8 Å². The third-order valence-electron chi connectivity index (χ3n) is 3.16. The van der Waals surface area contributed by atoms with Gasteiger partial charge in [-0.3, -0.25) is 0 Å². The van der Waals surface area contributed by atoms with Crippen LogP contribution in [-0.2, 0) is 7.05 Å². The Balaban J connectivity index is 1.92. The van der Waals surface area contributed by atoms with Gasteiger partial charge in [-0.15, -0.1) is 0 Å². The highest BCUT2D eigenvalue weighted by Gasteiger charge is 2.15. The molecular weight excluding hydrogens is 292 g/mol. The number of nitrogens with zero attached hydrogens (tertiary/aromatic N) is 3. The van der Waals surface area contributed by atoms with E-state index in [9.17, 15) is 0 Å². The fraction of sp³-hybridized carbons (Fsp3) is 0.0625. The van der Waals surface area contributed by atoms with Gasteiger partial charge in [-0.1, -0.05) is 0 Å². The smallest absolute Gasteiger partial charge is 0.219 e. The van der Waals surface area contributed by atoms with E-state index < -0.39 is 0 Å². The van der Waals surface area contributed by atoms with E-state index >= 15 is 0 Å². The molecule has 4 N–H and O–H groups in total. The molecule has 0 unspecified atom stereocenters. The van der Waals surface area contributed by atoms with Crippen LogP contribution in [0.2, 0.25) is 0 Å². The molecule has 116 valence electrons. The minimum absolute atomic E-state index is 0.422. The van der Waals surface area contributed by atoms with Gasteiger partial charge >= 0.3 is 0 Å². The van der Waals surface area contributed by atoms with Crippen LogP contribution in [0.15, 0.2) is 60.7 Å². The van der Waals surface area contributed by atoms with Gasteiger partial charge in [-0.2, -0.15) is 0 Å².